The number of ether oxygens (including phenoxy) is 2. The molecular weight excluding hydrogens is 462 g/mol. The van der Waals surface area contributed by atoms with Gasteiger partial charge in [0, 0.05) is 16.5 Å². The van der Waals surface area contributed by atoms with Crippen LogP contribution >= 0.6 is 15.9 Å². The van der Waals surface area contributed by atoms with Crippen molar-refractivity contribution in [3.05, 3.63) is 68.7 Å². The Labute approximate surface area is 188 Å². The number of benzene rings is 2. The smallest absolute Gasteiger partial charge is 0.347 e. The third-order valence-electron chi connectivity index (χ3n) is 4.50. The summed E-state index contributed by atoms with van der Waals surface area (Å²) in [6, 6.07) is 12.6. The first-order chi connectivity index (χ1) is 14.9. The number of aryl methyl sites for hydroxylation is 1. The van der Waals surface area contributed by atoms with E-state index in [-0.39, 0.29) is 12.2 Å². The van der Waals surface area contributed by atoms with Gasteiger partial charge in [0.25, 0.3) is 5.56 Å². The second-order valence-electron chi connectivity index (χ2n) is 6.85. The van der Waals surface area contributed by atoms with Crippen molar-refractivity contribution >= 4 is 39.0 Å². The molecule has 0 fully saturated rings. The van der Waals surface area contributed by atoms with Crippen LogP contribution in [0.5, 0.6) is 5.75 Å². The lowest BCUT2D eigenvalue weighted by molar-refractivity contribution is -0.150. The molecule has 2 aromatic carbocycles. The molecule has 7 nitrogen and oxygen atoms in total. The second-order valence-corrected chi connectivity index (χ2v) is 7.77. The van der Waals surface area contributed by atoms with Gasteiger partial charge < -0.3 is 9.47 Å². The quantitative estimate of drug-likeness (QED) is 0.350. The van der Waals surface area contributed by atoms with Crippen LogP contribution in [0, 0.1) is 0 Å². The number of rotatable bonds is 8. The number of hydrogen-bond donors (Lipinski definition) is 0. The van der Waals surface area contributed by atoms with Gasteiger partial charge in [0.15, 0.2) is 6.10 Å². The summed E-state index contributed by atoms with van der Waals surface area (Å²) in [5.41, 5.74) is 1.02. The lowest BCUT2D eigenvalue weighted by atomic mass is 10.2. The number of esters is 1. The van der Waals surface area contributed by atoms with Crippen molar-refractivity contribution < 1.29 is 14.3 Å². The van der Waals surface area contributed by atoms with Crippen LogP contribution in [0.4, 0.5) is 0 Å². The van der Waals surface area contributed by atoms with Crippen molar-refractivity contribution in [1.82, 2.24) is 9.66 Å². The number of fused-ring (bicyclic) bond motifs is 1. The monoisotopic (exact) mass is 485 g/mol. The topological polar surface area (TPSA) is 82.8 Å². The van der Waals surface area contributed by atoms with E-state index in [1.807, 2.05) is 25.1 Å². The Bertz CT molecular complexity index is 1170. The van der Waals surface area contributed by atoms with Crippen LogP contribution in [-0.4, -0.2) is 34.6 Å². The fourth-order valence-electron chi connectivity index (χ4n) is 3.01. The standard InChI is InChI=1S/C23H24BrN3O4/c1-4-8-21-26-19-12-11-17(24)13-18(19)22(28)27(21)25-14-16-9-6-7-10-20(16)31-15(3)23(29)30-5-2/h6-7,9-15H,4-5,8H2,1-3H3/t15-/m0/s1. The first-order valence-corrected chi connectivity index (χ1v) is 10.9. The molecule has 8 heteroatoms. The Morgan fingerprint density at radius 1 is 1.26 bits per heavy atom. The van der Waals surface area contributed by atoms with E-state index < -0.39 is 12.1 Å². The summed E-state index contributed by atoms with van der Waals surface area (Å²) < 4.78 is 12.9. The Morgan fingerprint density at radius 3 is 2.77 bits per heavy atom. The van der Waals surface area contributed by atoms with E-state index in [1.165, 1.54) is 4.68 Å². The van der Waals surface area contributed by atoms with Gasteiger partial charge in [-0.15, -0.1) is 0 Å². The molecule has 0 spiro atoms. The van der Waals surface area contributed by atoms with Crippen molar-refractivity contribution in [2.45, 2.75) is 39.7 Å². The molecule has 0 saturated heterocycles. The number of para-hydroxylation sites is 1. The zero-order chi connectivity index (χ0) is 22.4. The number of halogens is 1. The summed E-state index contributed by atoms with van der Waals surface area (Å²) in [7, 11) is 0. The summed E-state index contributed by atoms with van der Waals surface area (Å²) >= 11 is 3.40. The fraction of sp³-hybridized carbons (Fsp3) is 0.304. The van der Waals surface area contributed by atoms with Crippen molar-refractivity contribution in [3.8, 4) is 5.75 Å². The predicted molar refractivity (Wildman–Crippen MR) is 124 cm³/mol. The molecule has 0 aliphatic heterocycles. The van der Waals surface area contributed by atoms with Crippen molar-refractivity contribution in [3.63, 3.8) is 0 Å². The molecule has 162 valence electrons. The molecule has 0 unspecified atom stereocenters. The number of carbonyl (C=O) groups excluding carboxylic acids is 1. The molecule has 31 heavy (non-hydrogen) atoms. The van der Waals surface area contributed by atoms with Gasteiger partial charge >= 0.3 is 5.97 Å². The van der Waals surface area contributed by atoms with Crippen LogP contribution in [0.15, 0.2) is 56.8 Å². The van der Waals surface area contributed by atoms with E-state index in [2.05, 4.69) is 26.0 Å². The molecule has 0 aliphatic carbocycles. The zero-order valence-corrected chi connectivity index (χ0v) is 19.3. The molecule has 1 heterocycles. The van der Waals surface area contributed by atoms with Crippen LogP contribution in [0.3, 0.4) is 0 Å². The van der Waals surface area contributed by atoms with Gasteiger partial charge in [0.1, 0.15) is 11.6 Å². The van der Waals surface area contributed by atoms with Crippen LogP contribution in [0.1, 0.15) is 38.6 Å². The highest BCUT2D eigenvalue weighted by atomic mass is 79.9. The van der Waals surface area contributed by atoms with Gasteiger partial charge in [-0.2, -0.15) is 9.78 Å². The molecule has 0 aliphatic rings. The van der Waals surface area contributed by atoms with E-state index in [0.29, 0.717) is 34.5 Å². The van der Waals surface area contributed by atoms with Crippen LogP contribution < -0.4 is 10.3 Å². The Morgan fingerprint density at radius 2 is 2.03 bits per heavy atom. The highest BCUT2D eigenvalue weighted by Crippen LogP contribution is 2.19. The maximum absolute atomic E-state index is 13.1. The van der Waals surface area contributed by atoms with E-state index in [9.17, 15) is 9.59 Å². The molecule has 0 amide bonds. The summed E-state index contributed by atoms with van der Waals surface area (Å²) in [6.45, 7) is 5.67. The fourth-order valence-corrected chi connectivity index (χ4v) is 3.37. The molecule has 3 rings (SSSR count). The number of carbonyl (C=O) groups is 1. The van der Waals surface area contributed by atoms with E-state index in [0.717, 1.165) is 10.9 Å². The van der Waals surface area contributed by atoms with Crippen molar-refractivity contribution in [2.75, 3.05) is 6.61 Å². The molecule has 0 N–H and O–H groups in total. The molecule has 1 aromatic heterocycles. The molecule has 3 aromatic rings. The van der Waals surface area contributed by atoms with Crippen molar-refractivity contribution in [2.24, 2.45) is 5.10 Å². The Hall–Kier alpha value is -3.00. The van der Waals surface area contributed by atoms with Crippen LogP contribution in [-0.2, 0) is 16.0 Å². The van der Waals surface area contributed by atoms with Gasteiger partial charge in [-0.05, 0) is 50.6 Å². The van der Waals surface area contributed by atoms with Crippen LogP contribution in [0.2, 0.25) is 0 Å². The Kier molecular flexibility index (Phi) is 7.57. The third kappa shape index (κ3) is 5.38. The average molecular weight is 486 g/mol. The minimum absolute atomic E-state index is 0.246. The molecule has 0 saturated carbocycles. The normalized spacial score (nSPS) is 12.3. The highest BCUT2D eigenvalue weighted by molar-refractivity contribution is 9.10. The minimum atomic E-state index is -0.771. The number of hydrogen-bond acceptors (Lipinski definition) is 6. The highest BCUT2D eigenvalue weighted by Gasteiger charge is 2.17. The summed E-state index contributed by atoms with van der Waals surface area (Å²) in [6.07, 6.45) is 2.20. The van der Waals surface area contributed by atoms with E-state index in [1.54, 1.807) is 44.3 Å². The van der Waals surface area contributed by atoms with Gasteiger partial charge in [-0.3, -0.25) is 4.79 Å². The van der Waals surface area contributed by atoms with Gasteiger partial charge in [-0.1, -0.05) is 35.0 Å². The first kappa shape index (κ1) is 22.7. The summed E-state index contributed by atoms with van der Waals surface area (Å²) in [5.74, 6) is 0.602. The minimum Gasteiger partial charge on any atom is -0.478 e. The number of aromatic nitrogens is 2. The largest absolute Gasteiger partial charge is 0.478 e. The average Bonchev–Trinajstić information content (AvgIpc) is 2.75. The lowest BCUT2D eigenvalue weighted by Gasteiger charge is -2.15. The van der Waals surface area contributed by atoms with Gasteiger partial charge in [-0.25, -0.2) is 9.78 Å². The molecular formula is C23H24BrN3O4. The SMILES string of the molecule is CCCc1nc2ccc(Br)cc2c(=O)n1N=Cc1ccccc1O[C@@H](C)C(=O)OCC. The third-order valence-corrected chi connectivity index (χ3v) is 5.00. The lowest BCUT2D eigenvalue weighted by Crippen LogP contribution is -2.26. The van der Waals surface area contributed by atoms with E-state index in [4.69, 9.17) is 9.47 Å². The van der Waals surface area contributed by atoms with Gasteiger partial charge in [0.2, 0.25) is 0 Å². The Balaban J connectivity index is 2.00. The molecule has 0 bridgehead atoms. The first-order valence-electron chi connectivity index (χ1n) is 10.1. The summed E-state index contributed by atoms with van der Waals surface area (Å²) in [5, 5.41) is 4.91. The summed E-state index contributed by atoms with van der Waals surface area (Å²) in [4.78, 5) is 29.7. The second kappa shape index (κ2) is 10.3. The van der Waals surface area contributed by atoms with E-state index >= 15 is 0 Å². The van der Waals surface area contributed by atoms with Crippen LogP contribution in [0.25, 0.3) is 10.9 Å². The number of nitrogens with zero attached hydrogens (tertiary/aromatic N) is 3. The maximum atomic E-state index is 13.1. The van der Waals surface area contributed by atoms with Crippen molar-refractivity contribution in [1.29, 1.82) is 0 Å². The zero-order valence-electron chi connectivity index (χ0n) is 17.7. The van der Waals surface area contributed by atoms with Gasteiger partial charge in [0.05, 0.1) is 23.7 Å². The predicted octanol–water partition coefficient (Wildman–Crippen LogP) is 4.32. The maximum Gasteiger partial charge on any atom is 0.347 e. The molecule has 0 radical (unpaired) electrons. The molecule has 1 atom stereocenters.